The van der Waals surface area contributed by atoms with Gasteiger partial charge in [0, 0.05) is 0 Å². The summed E-state index contributed by atoms with van der Waals surface area (Å²) in [6, 6.07) is 13.6. The van der Waals surface area contributed by atoms with Crippen LogP contribution in [0.25, 0.3) is 0 Å². The van der Waals surface area contributed by atoms with E-state index in [1.54, 1.807) is 12.1 Å². The molecule has 0 aromatic heterocycles. The zero-order valence-corrected chi connectivity index (χ0v) is 19.3. The van der Waals surface area contributed by atoms with Crippen molar-refractivity contribution in [2.45, 2.75) is 70.1 Å². The number of hydrogen-bond donors (Lipinski definition) is 0. The molecular formula is C25H30BF3O5. The zero-order chi connectivity index (χ0) is 24.0. The van der Waals surface area contributed by atoms with Crippen molar-refractivity contribution in [1.29, 1.82) is 0 Å². The minimum absolute atomic E-state index is 0.0997. The van der Waals surface area contributed by atoms with Crippen molar-refractivity contribution in [3.8, 4) is 11.5 Å². The van der Waals surface area contributed by atoms with Crippen LogP contribution in [0.15, 0.2) is 48.5 Å². The standard InChI is InChI=1S/C25H30BF3O5/c1-2-3-4-5-16-30-20-12-8-19(9-13-20)26-31-17-24-23(34-26)15-14-22(32-24)18-6-10-21(11-7-18)33-25(27,28)29/h6-13,22-24H,2-5,14-17H2,1H3/t22-,23+,24-/m1/s1. The molecule has 0 saturated carbocycles. The largest absolute Gasteiger partial charge is 0.573 e. The van der Waals surface area contributed by atoms with E-state index in [1.807, 2.05) is 24.3 Å². The van der Waals surface area contributed by atoms with Crippen molar-refractivity contribution in [3.63, 3.8) is 0 Å². The third kappa shape index (κ3) is 6.90. The Morgan fingerprint density at radius 1 is 0.912 bits per heavy atom. The summed E-state index contributed by atoms with van der Waals surface area (Å²) < 4.78 is 65.1. The molecule has 0 radical (unpaired) electrons. The van der Waals surface area contributed by atoms with E-state index in [9.17, 15) is 13.2 Å². The lowest BCUT2D eigenvalue weighted by Crippen LogP contribution is -2.54. The molecule has 0 aliphatic carbocycles. The van der Waals surface area contributed by atoms with Gasteiger partial charge in [0.05, 0.1) is 25.4 Å². The molecular weight excluding hydrogens is 448 g/mol. The first kappa shape index (κ1) is 24.9. The van der Waals surface area contributed by atoms with Gasteiger partial charge >= 0.3 is 13.5 Å². The highest BCUT2D eigenvalue weighted by molar-refractivity contribution is 6.61. The molecule has 9 heteroatoms. The van der Waals surface area contributed by atoms with Crippen molar-refractivity contribution < 1.29 is 36.7 Å². The molecule has 0 unspecified atom stereocenters. The van der Waals surface area contributed by atoms with Gasteiger partial charge in [0.2, 0.25) is 0 Å². The monoisotopic (exact) mass is 478 g/mol. The van der Waals surface area contributed by atoms with Gasteiger partial charge in [-0.2, -0.15) is 0 Å². The van der Waals surface area contributed by atoms with Crippen molar-refractivity contribution in [3.05, 3.63) is 54.1 Å². The number of benzene rings is 2. The van der Waals surface area contributed by atoms with Crippen LogP contribution in [-0.2, 0) is 14.0 Å². The van der Waals surface area contributed by atoms with E-state index in [0.717, 1.165) is 36.2 Å². The number of unbranched alkanes of at least 4 members (excludes halogenated alkanes) is 3. The quantitative estimate of drug-likeness (QED) is 0.348. The maximum atomic E-state index is 12.4. The fourth-order valence-corrected chi connectivity index (χ4v) is 4.29. The minimum Gasteiger partial charge on any atom is -0.494 e. The third-order valence-corrected chi connectivity index (χ3v) is 6.08. The van der Waals surface area contributed by atoms with Gasteiger partial charge in [-0.1, -0.05) is 50.5 Å². The number of rotatable bonds is 9. The van der Waals surface area contributed by atoms with Gasteiger partial charge < -0.3 is 23.5 Å². The highest BCUT2D eigenvalue weighted by Gasteiger charge is 2.41. The minimum atomic E-state index is -4.70. The molecule has 2 fully saturated rings. The van der Waals surface area contributed by atoms with Crippen molar-refractivity contribution in [2.75, 3.05) is 13.2 Å². The van der Waals surface area contributed by atoms with Crippen LogP contribution in [0.4, 0.5) is 13.2 Å². The molecule has 2 aromatic carbocycles. The van der Waals surface area contributed by atoms with Crippen LogP contribution in [0, 0.1) is 0 Å². The topological polar surface area (TPSA) is 46.2 Å². The summed E-state index contributed by atoms with van der Waals surface area (Å²) in [5, 5.41) is 0. The fourth-order valence-electron chi connectivity index (χ4n) is 4.29. The van der Waals surface area contributed by atoms with E-state index in [4.69, 9.17) is 18.8 Å². The van der Waals surface area contributed by atoms with Crippen LogP contribution in [0.5, 0.6) is 11.5 Å². The average molecular weight is 478 g/mol. The average Bonchev–Trinajstić information content (AvgIpc) is 2.83. The molecule has 0 spiro atoms. The Morgan fingerprint density at radius 3 is 2.35 bits per heavy atom. The number of fused-ring (bicyclic) bond motifs is 1. The van der Waals surface area contributed by atoms with Crippen LogP contribution in [-0.4, -0.2) is 38.9 Å². The Bertz CT molecular complexity index is 891. The maximum Gasteiger partial charge on any atom is 0.573 e. The molecule has 0 N–H and O–H groups in total. The van der Waals surface area contributed by atoms with Gasteiger partial charge in [-0.3, -0.25) is 0 Å². The highest BCUT2D eigenvalue weighted by atomic mass is 19.4. The Morgan fingerprint density at radius 2 is 1.65 bits per heavy atom. The number of hydrogen-bond acceptors (Lipinski definition) is 5. The van der Waals surface area contributed by atoms with Gasteiger partial charge in [-0.15, -0.1) is 13.2 Å². The second-order valence-electron chi connectivity index (χ2n) is 8.68. The lowest BCUT2D eigenvalue weighted by molar-refractivity contribution is -0.274. The molecule has 2 aliphatic rings. The van der Waals surface area contributed by atoms with Gasteiger partial charge in [0.1, 0.15) is 17.6 Å². The second-order valence-corrected chi connectivity index (χ2v) is 8.68. The summed E-state index contributed by atoms with van der Waals surface area (Å²) in [5.74, 6) is 0.592. The first-order valence-electron chi connectivity index (χ1n) is 11.9. The summed E-state index contributed by atoms with van der Waals surface area (Å²) >= 11 is 0. The van der Waals surface area contributed by atoms with Crippen LogP contribution in [0.3, 0.4) is 0 Å². The van der Waals surface area contributed by atoms with E-state index >= 15 is 0 Å². The van der Waals surface area contributed by atoms with E-state index in [2.05, 4.69) is 11.7 Å². The van der Waals surface area contributed by atoms with Crippen LogP contribution >= 0.6 is 0 Å². The van der Waals surface area contributed by atoms with Crippen molar-refractivity contribution >= 4 is 12.6 Å². The van der Waals surface area contributed by atoms with E-state index in [0.29, 0.717) is 13.0 Å². The molecule has 2 aliphatic heterocycles. The van der Waals surface area contributed by atoms with Gasteiger partial charge in [-0.25, -0.2) is 0 Å². The molecule has 0 bridgehead atoms. The SMILES string of the molecule is CCCCCCOc1ccc(B2OC[C@H]3O[C@@H](c4ccc(OC(F)(F)F)cc4)CC[C@@H]3O2)cc1. The summed E-state index contributed by atoms with van der Waals surface area (Å²) in [7, 11) is -0.459. The van der Waals surface area contributed by atoms with Gasteiger partial charge in [-0.05, 0) is 54.6 Å². The third-order valence-electron chi connectivity index (χ3n) is 6.08. The van der Waals surface area contributed by atoms with Gasteiger partial charge in [0.25, 0.3) is 0 Å². The smallest absolute Gasteiger partial charge is 0.494 e. The Labute approximate surface area is 198 Å². The first-order chi connectivity index (χ1) is 16.4. The van der Waals surface area contributed by atoms with Crippen LogP contribution in [0.2, 0.25) is 0 Å². The van der Waals surface area contributed by atoms with E-state index in [1.165, 1.54) is 31.4 Å². The van der Waals surface area contributed by atoms with Crippen molar-refractivity contribution in [2.24, 2.45) is 0 Å². The number of alkyl halides is 3. The summed E-state index contributed by atoms with van der Waals surface area (Å²) in [5.41, 5.74) is 1.74. The number of ether oxygens (including phenoxy) is 3. The predicted octanol–water partition coefficient (Wildman–Crippen LogP) is 5.58. The molecule has 5 nitrogen and oxygen atoms in total. The fraction of sp³-hybridized carbons (Fsp3) is 0.520. The summed E-state index contributed by atoms with van der Waals surface area (Å²) in [6.45, 7) is 3.29. The van der Waals surface area contributed by atoms with Gasteiger partial charge in [0.15, 0.2) is 0 Å². The molecule has 2 aromatic rings. The zero-order valence-electron chi connectivity index (χ0n) is 19.3. The van der Waals surface area contributed by atoms with Crippen molar-refractivity contribution in [1.82, 2.24) is 0 Å². The molecule has 4 rings (SSSR count). The molecule has 0 amide bonds. The molecule has 34 heavy (non-hydrogen) atoms. The van der Waals surface area contributed by atoms with Crippen LogP contribution in [0.1, 0.15) is 57.1 Å². The normalized spacial score (nSPS) is 22.8. The summed E-state index contributed by atoms with van der Waals surface area (Å²) in [6.07, 6.45) is 0.897. The Kier molecular flexibility index (Phi) is 8.39. The summed E-state index contributed by atoms with van der Waals surface area (Å²) in [4.78, 5) is 0. The van der Waals surface area contributed by atoms with E-state index in [-0.39, 0.29) is 24.1 Å². The lowest BCUT2D eigenvalue weighted by Gasteiger charge is -2.41. The molecule has 2 heterocycles. The first-order valence-corrected chi connectivity index (χ1v) is 11.9. The number of halogens is 3. The molecule has 184 valence electrons. The van der Waals surface area contributed by atoms with Crippen LogP contribution < -0.4 is 14.9 Å². The molecule has 2 saturated heterocycles. The highest BCUT2D eigenvalue weighted by Crippen LogP contribution is 2.36. The Hall–Kier alpha value is -2.23. The van der Waals surface area contributed by atoms with E-state index < -0.39 is 13.5 Å². The lowest BCUT2D eigenvalue weighted by atomic mass is 9.76. The second kappa shape index (κ2) is 11.5. The predicted molar refractivity (Wildman–Crippen MR) is 122 cm³/mol. The maximum absolute atomic E-state index is 12.4. The Balaban J connectivity index is 1.26. The molecule has 3 atom stereocenters.